The smallest absolute Gasteiger partial charge is 0.478 e. The minimum absolute atomic E-state index is 0.914. The number of rotatable bonds is 5. The second kappa shape index (κ2) is 10.5. The SMILES string of the molecule is C/C=C/C=C/C(=O)O.CO[Si](O)(OC)OC. The summed E-state index contributed by atoms with van der Waals surface area (Å²) in [4.78, 5) is 18.7. The molecule has 0 radical (unpaired) electrons. The van der Waals surface area contributed by atoms with Crippen molar-refractivity contribution < 1.29 is 28.0 Å². The Morgan fingerprint density at radius 1 is 1.12 bits per heavy atom. The predicted octanol–water partition coefficient (Wildman–Crippen LogP) is 0.557. The topological polar surface area (TPSA) is 85.2 Å². The molecule has 0 saturated heterocycles. The molecule has 0 fully saturated rings. The first kappa shape index (κ1) is 17.4. The third-order valence-electron chi connectivity index (χ3n) is 1.32. The van der Waals surface area contributed by atoms with Crippen molar-refractivity contribution in [3.8, 4) is 0 Å². The molecule has 7 heteroatoms. The molecule has 0 heterocycles. The number of carboxylic acid groups (broad SMARTS) is 1. The van der Waals surface area contributed by atoms with E-state index in [2.05, 4.69) is 13.3 Å². The lowest BCUT2D eigenvalue weighted by Gasteiger charge is -2.14. The van der Waals surface area contributed by atoms with E-state index in [1.165, 1.54) is 27.4 Å². The summed E-state index contributed by atoms with van der Waals surface area (Å²) in [6.07, 6.45) is 5.98. The fourth-order valence-corrected chi connectivity index (χ4v) is 0.999. The number of aliphatic carboxylic acids is 1. The summed E-state index contributed by atoms with van der Waals surface area (Å²) in [5, 5.41) is 8.02. The van der Waals surface area contributed by atoms with Crippen LogP contribution < -0.4 is 0 Å². The Labute approximate surface area is 96.3 Å². The Morgan fingerprint density at radius 3 is 1.75 bits per heavy atom. The zero-order valence-electron chi connectivity index (χ0n) is 9.84. The van der Waals surface area contributed by atoms with Crippen LogP contribution in [0.5, 0.6) is 0 Å². The highest BCUT2D eigenvalue weighted by Gasteiger charge is 2.36. The van der Waals surface area contributed by atoms with Gasteiger partial charge in [0.2, 0.25) is 0 Å². The zero-order valence-corrected chi connectivity index (χ0v) is 10.8. The van der Waals surface area contributed by atoms with Crippen LogP contribution in [-0.2, 0) is 18.1 Å². The molecule has 0 bridgehead atoms. The lowest BCUT2D eigenvalue weighted by molar-refractivity contribution is -0.131. The number of hydrogen-bond acceptors (Lipinski definition) is 5. The molecule has 0 aliphatic carbocycles. The first-order valence-electron chi connectivity index (χ1n) is 4.35. The quantitative estimate of drug-likeness (QED) is 0.421. The standard InChI is InChI=1S/C6H8O2.C3H10O4Si/c1-2-3-4-5-6(7)8;1-5-8(4,6-2)7-3/h2-5H,1H3,(H,7,8);4H,1-3H3/b3-2+,5-4+;. The summed E-state index contributed by atoms with van der Waals surface area (Å²) < 4.78 is 13.5. The van der Waals surface area contributed by atoms with Gasteiger partial charge in [-0.2, -0.15) is 0 Å². The molecule has 0 aromatic heterocycles. The molecular formula is C9H18O6Si. The van der Waals surface area contributed by atoms with Crippen LogP contribution in [0.1, 0.15) is 6.92 Å². The molecule has 16 heavy (non-hydrogen) atoms. The van der Waals surface area contributed by atoms with Gasteiger partial charge in [-0.25, -0.2) is 4.79 Å². The third kappa shape index (κ3) is 11.1. The van der Waals surface area contributed by atoms with Crippen molar-refractivity contribution >= 4 is 15.0 Å². The Balaban J connectivity index is 0. The van der Waals surface area contributed by atoms with Crippen LogP contribution in [0, 0.1) is 0 Å². The highest BCUT2D eigenvalue weighted by molar-refractivity contribution is 6.51. The van der Waals surface area contributed by atoms with E-state index in [0.29, 0.717) is 0 Å². The Kier molecular flexibility index (Phi) is 11.4. The molecule has 0 rings (SSSR count). The average Bonchev–Trinajstić information content (AvgIpc) is 2.29. The van der Waals surface area contributed by atoms with Crippen LogP contribution >= 0.6 is 0 Å². The van der Waals surface area contributed by atoms with Gasteiger partial charge < -0.3 is 23.2 Å². The van der Waals surface area contributed by atoms with Crippen LogP contribution in [-0.4, -0.2) is 46.2 Å². The van der Waals surface area contributed by atoms with Crippen LogP contribution in [0.25, 0.3) is 0 Å². The van der Waals surface area contributed by atoms with Gasteiger partial charge in [0.05, 0.1) is 0 Å². The largest absolute Gasteiger partial charge is 0.676 e. The number of hydrogen-bond donors (Lipinski definition) is 2. The average molecular weight is 250 g/mol. The molecule has 0 unspecified atom stereocenters. The second-order valence-corrected chi connectivity index (χ2v) is 4.63. The summed E-state index contributed by atoms with van der Waals surface area (Å²) in [6, 6.07) is 0. The van der Waals surface area contributed by atoms with Crippen molar-refractivity contribution in [1.82, 2.24) is 0 Å². The lowest BCUT2D eigenvalue weighted by Crippen LogP contribution is -2.42. The van der Waals surface area contributed by atoms with E-state index in [4.69, 9.17) is 9.90 Å². The van der Waals surface area contributed by atoms with E-state index in [1.54, 1.807) is 12.2 Å². The van der Waals surface area contributed by atoms with Crippen molar-refractivity contribution in [3.63, 3.8) is 0 Å². The number of carbonyl (C=O) groups is 1. The monoisotopic (exact) mass is 250 g/mol. The van der Waals surface area contributed by atoms with Gasteiger partial charge in [0.1, 0.15) is 0 Å². The van der Waals surface area contributed by atoms with Gasteiger partial charge in [0, 0.05) is 27.4 Å². The minimum atomic E-state index is -3.17. The highest BCUT2D eigenvalue weighted by atomic mass is 28.4. The Morgan fingerprint density at radius 2 is 1.56 bits per heavy atom. The fraction of sp³-hybridized carbons (Fsp3) is 0.444. The molecule has 0 atom stereocenters. The molecule has 94 valence electrons. The summed E-state index contributed by atoms with van der Waals surface area (Å²) in [6.45, 7) is 1.83. The summed E-state index contributed by atoms with van der Waals surface area (Å²) in [7, 11) is 0.826. The summed E-state index contributed by atoms with van der Waals surface area (Å²) in [5.74, 6) is -0.914. The summed E-state index contributed by atoms with van der Waals surface area (Å²) >= 11 is 0. The van der Waals surface area contributed by atoms with Crippen LogP contribution in [0.3, 0.4) is 0 Å². The fourth-order valence-electron chi connectivity index (χ4n) is 0.499. The van der Waals surface area contributed by atoms with Gasteiger partial charge in [-0.15, -0.1) is 0 Å². The van der Waals surface area contributed by atoms with Crippen LogP contribution in [0.2, 0.25) is 0 Å². The van der Waals surface area contributed by atoms with Crippen molar-refractivity contribution in [3.05, 3.63) is 24.3 Å². The molecule has 0 aromatic carbocycles. The van der Waals surface area contributed by atoms with Crippen LogP contribution in [0.15, 0.2) is 24.3 Å². The van der Waals surface area contributed by atoms with Crippen molar-refractivity contribution in [2.45, 2.75) is 6.92 Å². The molecular weight excluding hydrogens is 232 g/mol. The molecule has 0 aliphatic heterocycles. The van der Waals surface area contributed by atoms with Gasteiger partial charge >= 0.3 is 15.0 Å². The maximum absolute atomic E-state index is 9.75. The van der Waals surface area contributed by atoms with E-state index < -0.39 is 15.0 Å². The first-order chi connectivity index (χ1) is 7.45. The maximum atomic E-state index is 9.75. The van der Waals surface area contributed by atoms with E-state index in [9.17, 15) is 4.79 Å². The molecule has 0 aromatic rings. The Hall–Kier alpha value is -0.993. The van der Waals surface area contributed by atoms with Gasteiger partial charge in [-0.1, -0.05) is 18.2 Å². The van der Waals surface area contributed by atoms with E-state index in [-0.39, 0.29) is 0 Å². The van der Waals surface area contributed by atoms with Crippen molar-refractivity contribution in [1.29, 1.82) is 0 Å². The minimum Gasteiger partial charge on any atom is -0.478 e. The van der Waals surface area contributed by atoms with Crippen LogP contribution in [0.4, 0.5) is 0 Å². The van der Waals surface area contributed by atoms with E-state index in [1.807, 2.05) is 6.92 Å². The normalized spacial score (nSPS) is 11.6. The zero-order chi connectivity index (χ0) is 13.0. The van der Waals surface area contributed by atoms with Gasteiger partial charge in [0.15, 0.2) is 0 Å². The van der Waals surface area contributed by atoms with E-state index in [0.717, 1.165) is 6.08 Å². The molecule has 0 spiro atoms. The van der Waals surface area contributed by atoms with Gasteiger partial charge in [0.25, 0.3) is 0 Å². The molecule has 0 saturated carbocycles. The predicted molar refractivity (Wildman–Crippen MR) is 60.6 cm³/mol. The maximum Gasteiger partial charge on any atom is 0.676 e. The van der Waals surface area contributed by atoms with E-state index >= 15 is 0 Å². The van der Waals surface area contributed by atoms with Crippen molar-refractivity contribution in [2.75, 3.05) is 21.3 Å². The molecule has 0 amide bonds. The molecule has 0 aliphatic rings. The molecule has 6 nitrogen and oxygen atoms in total. The molecule has 2 N–H and O–H groups in total. The third-order valence-corrected chi connectivity index (χ3v) is 2.86. The summed E-state index contributed by atoms with van der Waals surface area (Å²) in [5.41, 5.74) is 0. The lowest BCUT2D eigenvalue weighted by atomic mass is 10.4. The highest BCUT2D eigenvalue weighted by Crippen LogP contribution is 1.97. The number of carboxylic acids is 1. The van der Waals surface area contributed by atoms with Gasteiger partial charge in [-0.05, 0) is 6.92 Å². The second-order valence-electron chi connectivity index (χ2n) is 2.36. The Bertz CT molecular complexity index is 226. The number of allylic oxidation sites excluding steroid dienone is 3. The van der Waals surface area contributed by atoms with Crippen molar-refractivity contribution in [2.24, 2.45) is 0 Å². The van der Waals surface area contributed by atoms with Gasteiger partial charge in [-0.3, -0.25) is 0 Å². The first-order valence-corrected chi connectivity index (χ1v) is 6.03.